The van der Waals surface area contributed by atoms with Gasteiger partial charge in [0.15, 0.2) is 11.5 Å². The van der Waals surface area contributed by atoms with Crippen LogP contribution in [0.3, 0.4) is 0 Å². The summed E-state index contributed by atoms with van der Waals surface area (Å²) < 4.78 is 11.1. The van der Waals surface area contributed by atoms with Crippen molar-refractivity contribution in [3.63, 3.8) is 0 Å². The van der Waals surface area contributed by atoms with Gasteiger partial charge in [0.2, 0.25) is 0 Å². The maximum Gasteiger partial charge on any atom is 0.161 e. The van der Waals surface area contributed by atoms with Crippen molar-refractivity contribution in [1.82, 2.24) is 0 Å². The van der Waals surface area contributed by atoms with Crippen LogP contribution in [0.15, 0.2) is 42.5 Å². The number of alkyl halides is 1. The molecular formula is C17H17ClO2. The molecule has 1 aliphatic heterocycles. The maximum absolute atomic E-state index is 6.54. The van der Waals surface area contributed by atoms with Gasteiger partial charge in [-0.15, -0.1) is 11.6 Å². The number of benzene rings is 2. The number of ether oxygens (including phenoxy) is 2. The van der Waals surface area contributed by atoms with Crippen LogP contribution in [-0.4, -0.2) is 13.2 Å². The first-order valence-corrected chi connectivity index (χ1v) is 7.25. The molecule has 2 aromatic rings. The minimum atomic E-state index is -0.0624. The van der Waals surface area contributed by atoms with Crippen LogP contribution in [-0.2, 0) is 6.42 Å². The predicted octanol–water partition coefficient (Wildman–Crippen LogP) is 4.29. The van der Waals surface area contributed by atoms with Crippen molar-refractivity contribution in [2.45, 2.75) is 18.7 Å². The Labute approximate surface area is 124 Å². The largest absolute Gasteiger partial charge is 0.486 e. The highest BCUT2D eigenvalue weighted by Gasteiger charge is 2.15. The van der Waals surface area contributed by atoms with Gasteiger partial charge in [0.05, 0.1) is 5.38 Å². The maximum atomic E-state index is 6.54. The zero-order valence-electron chi connectivity index (χ0n) is 11.4. The normalized spacial score (nSPS) is 14.9. The van der Waals surface area contributed by atoms with E-state index in [-0.39, 0.29) is 5.38 Å². The summed E-state index contributed by atoms with van der Waals surface area (Å²) in [5.74, 6) is 1.60. The summed E-state index contributed by atoms with van der Waals surface area (Å²) in [6.45, 7) is 3.30. The zero-order valence-corrected chi connectivity index (χ0v) is 12.2. The van der Waals surface area contributed by atoms with Crippen LogP contribution in [0, 0.1) is 6.92 Å². The van der Waals surface area contributed by atoms with E-state index in [4.69, 9.17) is 21.1 Å². The molecule has 1 unspecified atom stereocenters. The van der Waals surface area contributed by atoms with Gasteiger partial charge in [-0.05, 0) is 36.6 Å². The van der Waals surface area contributed by atoms with E-state index in [1.165, 1.54) is 11.1 Å². The van der Waals surface area contributed by atoms with Crippen LogP contribution in [0.25, 0.3) is 0 Å². The summed E-state index contributed by atoms with van der Waals surface area (Å²) in [6.07, 6.45) is 0.808. The van der Waals surface area contributed by atoms with Gasteiger partial charge in [-0.3, -0.25) is 0 Å². The molecule has 0 saturated heterocycles. The van der Waals surface area contributed by atoms with Crippen LogP contribution in [0.1, 0.15) is 22.1 Å². The highest BCUT2D eigenvalue weighted by Crippen LogP contribution is 2.35. The van der Waals surface area contributed by atoms with E-state index in [9.17, 15) is 0 Å². The van der Waals surface area contributed by atoms with E-state index in [1.807, 2.05) is 18.2 Å². The molecule has 0 aromatic heterocycles. The van der Waals surface area contributed by atoms with Crippen molar-refractivity contribution in [2.24, 2.45) is 0 Å². The van der Waals surface area contributed by atoms with E-state index in [0.29, 0.717) is 13.2 Å². The molecule has 2 aromatic carbocycles. The molecule has 0 aliphatic carbocycles. The van der Waals surface area contributed by atoms with E-state index >= 15 is 0 Å². The van der Waals surface area contributed by atoms with Gasteiger partial charge in [0.1, 0.15) is 13.2 Å². The third-order valence-electron chi connectivity index (χ3n) is 3.43. The Balaban J connectivity index is 1.78. The molecule has 0 N–H and O–H groups in total. The van der Waals surface area contributed by atoms with Crippen LogP contribution >= 0.6 is 11.6 Å². The van der Waals surface area contributed by atoms with Gasteiger partial charge in [-0.2, -0.15) is 0 Å². The highest BCUT2D eigenvalue weighted by atomic mass is 35.5. The second-order valence-corrected chi connectivity index (χ2v) is 5.59. The van der Waals surface area contributed by atoms with Gasteiger partial charge in [0, 0.05) is 0 Å². The summed E-state index contributed by atoms with van der Waals surface area (Å²) in [5, 5.41) is -0.0624. The van der Waals surface area contributed by atoms with Crippen molar-refractivity contribution >= 4 is 11.6 Å². The average molecular weight is 289 g/mol. The zero-order chi connectivity index (χ0) is 13.9. The number of halogens is 1. The van der Waals surface area contributed by atoms with Crippen molar-refractivity contribution in [3.8, 4) is 11.5 Å². The molecule has 1 heterocycles. The highest BCUT2D eigenvalue weighted by molar-refractivity contribution is 6.21. The molecule has 0 bridgehead atoms. The predicted molar refractivity (Wildman–Crippen MR) is 80.9 cm³/mol. The minimum absolute atomic E-state index is 0.0624. The Morgan fingerprint density at radius 3 is 2.65 bits per heavy atom. The number of rotatable bonds is 3. The lowest BCUT2D eigenvalue weighted by molar-refractivity contribution is 0.171. The fourth-order valence-corrected chi connectivity index (χ4v) is 2.73. The lowest BCUT2D eigenvalue weighted by Crippen LogP contribution is -2.15. The van der Waals surface area contributed by atoms with E-state index in [0.717, 1.165) is 23.5 Å². The first kappa shape index (κ1) is 13.3. The number of aryl methyl sites for hydroxylation is 1. The van der Waals surface area contributed by atoms with E-state index in [1.54, 1.807) is 0 Å². The molecule has 0 fully saturated rings. The second kappa shape index (κ2) is 5.76. The van der Waals surface area contributed by atoms with Crippen LogP contribution in [0.5, 0.6) is 11.5 Å². The van der Waals surface area contributed by atoms with Crippen LogP contribution in [0.2, 0.25) is 0 Å². The summed E-state index contributed by atoms with van der Waals surface area (Å²) in [5.41, 5.74) is 3.57. The fourth-order valence-electron chi connectivity index (χ4n) is 2.42. The molecule has 1 atom stereocenters. The average Bonchev–Trinajstić information content (AvgIpc) is 2.47. The first-order chi connectivity index (χ1) is 9.72. The van der Waals surface area contributed by atoms with Gasteiger partial charge in [-0.25, -0.2) is 0 Å². The lowest BCUT2D eigenvalue weighted by atomic mass is 10.0. The van der Waals surface area contributed by atoms with Crippen LogP contribution in [0.4, 0.5) is 0 Å². The minimum Gasteiger partial charge on any atom is -0.486 e. The molecule has 0 saturated carbocycles. The van der Waals surface area contributed by atoms with E-state index < -0.39 is 0 Å². The smallest absolute Gasteiger partial charge is 0.161 e. The fraction of sp³-hybridized carbons (Fsp3) is 0.294. The Kier molecular flexibility index (Phi) is 3.83. The second-order valence-electron chi connectivity index (χ2n) is 5.06. The molecule has 0 amide bonds. The molecule has 3 rings (SSSR count). The molecule has 0 radical (unpaired) electrons. The molecule has 104 valence electrons. The molecule has 2 nitrogen and oxygen atoms in total. The first-order valence-electron chi connectivity index (χ1n) is 6.81. The topological polar surface area (TPSA) is 18.5 Å². The molecule has 0 spiro atoms. The van der Waals surface area contributed by atoms with Gasteiger partial charge in [0.25, 0.3) is 0 Å². The number of hydrogen-bond donors (Lipinski definition) is 0. The van der Waals surface area contributed by atoms with E-state index in [2.05, 4.69) is 31.2 Å². The van der Waals surface area contributed by atoms with Crippen molar-refractivity contribution in [1.29, 1.82) is 0 Å². The Bertz CT molecular complexity index is 610. The molecule has 20 heavy (non-hydrogen) atoms. The molecule has 1 aliphatic rings. The SMILES string of the molecule is Cc1cccc(CC(Cl)c2ccc3c(c2)OCCO3)c1. The van der Waals surface area contributed by atoms with Gasteiger partial charge < -0.3 is 9.47 Å². The lowest BCUT2D eigenvalue weighted by Gasteiger charge is -2.20. The van der Waals surface area contributed by atoms with Gasteiger partial charge in [-0.1, -0.05) is 35.9 Å². The van der Waals surface area contributed by atoms with Crippen molar-refractivity contribution < 1.29 is 9.47 Å². The third-order valence-corrected chi connectivity index (χ3v) is 3.83. The summed E-state index contributed by atoms with van der Waals surface area (Å²) in [4.78, 5) is 0. The summed E-state index contributed by atoms with van der Waals surface area (Å²) in [7, 11) is 0. The standard InChI is InChI=1S/C17H17ClO2/c1-12-3-2-4-13(9-12)10-15(18)14-5-6-16-17(11-14)20-8-7-19-16/h2-6,9,11,15H,7-8,10H2,1H3. The number of fused-ring (bicyclic) bond motifs is 1. The van der Waals surface area contributed by atoms with Gasteiger partial charge >= 0.3 is 0 Å². The Morgan fingerprint density at radius 1 is 1.05 bits per heavy atom. The Morgan fingerprint density at radius 2 is 1.85 bits per heavy atom. The monoisotopic (exact) mass is 288 g/mol. The Hall–Kier alpha value is -1.67. The molecular weight excluding hydrogens is 272 g/mol. The quantitative estimate of drug-likeness (QED) is 0.785. The van der Waals surface area contributed by atoms with Crippen molar-refractivity contribution in [2.75, 3.05) is 13.2 Å². The summed E-state index contributed by atoms with van der Waals surface area (Å²) in [6, 6.07) is 14.4. The third kappa shape index (κ3) is 2.91. The summed E-state index contributed by atoms with van der Waals surface area (Å²) >= 11 is 6.54. The molecule has 3 heteroatoms. The number of hydrogen-bond acceptors (Lipinski definition) is 2. The van der Waals surface area contributed by atoms with Crippen LogP contribution < -0.4 is 9.47 Å². The van der Waals surface area contributed by atoms with Crippen molar-refractivity contribution in [3.05, 3.63) is 59.2 Å².